The lowest BCUT2D eigenvalue weighted by molar-refractivity contribution is -0.121. The van der Waals surface area contributed by atoms with Gasteiger partial charge in [-0.25, -0.2) is 8.42 Å². The standard InChI is InChI=1S/C19H25N3O5S/c1-13-9-17(26-4)18(27-5)10-16(13)14(2)21-19(23)12-22(3)28(24,25)15-7-6-8-20-11-15/h6-11,14H,12H2,1-5H3,(H,21,23). The molecule has 1 aromatic heterocycles. The number of ether oxygens (including phenoxy) is 2. The zero-order chi connectivity index (χ0) is 20.9. The van der Waals surface area contributed by atoms with Crippen molar-refractivity contribution in [3.8, 4) is 11.5 Å². The number of amides is 1. The molecule has 1 unspecified atom stereocenters. The Kier molecular flexibility index (Phi) is 6.98. The molecule has 0 aliphatic rings. The van der Waals surface area contributed by atoms with Gasteiger partial charge in [-0.1, -0.05) is 0 Å². The zero-order valence-electron chi connectivity index (χ0n) is 16.6. The Morgan fingerprint density at radius 1 is 1.25 bits per heavy atom. The lowest BCUT2D eigenvalue weighted by Gasteiger charge is -2.21. The van der Waals surface area contributed by atoms with E-state index in [1.54, 1.807) is 20.3 Å². The normalized spacial score (nSPS) is 12.5. The van der Waals surface area contributed by atoms with Crippen LogP contribution in [0.5, 0.6) is 11.5 Å². The minimum absolute atomic E-state index is 0.0362. The molecule has 0 saturated carbocycles. The number of rotatable bonds is 8. The first-order valence-corrected chi connectivity index (χ1v) is 10.0. The maximum atomic E-state index is 12.5. The molecule has 0 spiro atoms. The van der Waals surface area contributed by atoms with Crippen LogP contribution in [0.15, 0.2) is 41.6 Å². The molecule has 8 nitrogen and oxygen atoms in total. The largest absolute Gasteiger partial charge is 0.493 e. The first-order valence-electron chi connectivity index (χ1n) is 8.59. The third kappa shape index (κ3) is 4.79. The summed E-state index contributed by atoms with van der Waals surface area (Å²) in [7, 11) is 0.663. The monoisotopic (exact) mass is 407 g/mol. The molecule has 9 heteroatoms. The number of benzene rings is 1. The quantitative estimate of drug-likeness (QED) is 0.718. The molecular weight excluding hydrogens is 382 g/mol. The van der Waals surface area contributed by atoms with Gasteiger partial charge in [-0.2, -0.15) is 4.31 Å². The van der Waals surface area contributed by atoms with Gasteiger partial charge in [-0.05, 0) is 49.2 Å². The van der Waals surface area contributed by atoms with Crippen LogP contribution in [-0.2, 0) is 14.8 Å². The Labute approximate surface area is 165 Å². The van der Waals surface area contributed by atoms with Gasteiger partial charge in [0.1, 0.15) is 4.90 Å². The zero-order valence-corrected chi connectivity index (χ0v) is 17.4. The average Bonchev–Trinajstić information content (AvgIpc) is 2.67. The number of aromatic nitrogens is 1. The van der Waals surface area contributed by atoms with Gasteiger partial charge < -0.3 is 14.8 Å². The number of nitrogens with one attached hydrogen (secondary N) is 1. The lowest BCUT2D eigenvalue weighted by Crippen LogP contribution is -2.39. The number of likely N-dealkylation sites (N-methyl/N-ethyl adjacent to an activating group) is 1. The molecule has 1 N–H and O–H groups in total. The topological polar surface area (TPSA) is 97.8 Å². The van der Waals surface area contributed by atoms with E-state index in [-0.39, 0.29) is 17.5 Å². The first-order chi connectivity index (χ1) is 13.2. The number of carbonyl (C=O) groups excluding carboxylic acids is 1. The summed E-state index contributed by atoms with van der Waals surface area (Å²) in [5.41, 5.74) is 1.77. The number of sulfonamides is 1. The fraction of sp³-hybridized carbons (Fsp3) is 0.368. The molecule has 0 aliphatic heterocycles. The summed E-state index contributed by atoms with van der Waals surface area (Å²) >= 11 is 0. The van der Waals surface area contributed by atoms with E-state index in [2.05, 4.69) is 10.3 Å². The van der Waals surface area contributed by atoms with E-state index >= 15 is 0 Å². The van der Waals surface area contributed by atoms with E-state index in [1.165, 1.54) is 31.6 Å². The third-order valence-electron chi connectivity index (χ3n) is 4.33. The summed E-state index contributed by atoms with van der Waals surface area (Å²) in [6, 6.07) is 6.25. The van der Waals surface area contributed by atoms with Crippen molar-refractivity contribution < 1.29 is 22.7 Å². The second-order valence-corrected chi connectivity index (χ2v) is 8.35. The maximum absolute atomic E-state index is 12.5. The Bertz CT molecular complexity index is 932. The van der Waals surface area contributed by atoms with Crippen LogP contribution in [0.1, 0.15) is 24.1 Å². The number of nitrogens with zero attached hydrogens (tertiary/aromatic N) is 2. The Balaban J connectivity index is 2.11. The summed E-state index contributed by atoms with van der Waals surface area (Å²) in [4.78, 5) is 16.3. The van der Waals surface area contributed by atoms with Crippen molar-refractivity contribution in [1.82, 2.24) is 14.6 Å². The van der Waals surface area contributed by atoms with Crippen LogP contribution in [-0.4, -0.2) is 51.4 Å². The maximum Gasteiger partial charge on any atom is 0.244 e. The van der Waals surface area contributed by atoms with E-state index < -0.39 is 15.9 Å². The Morgan fingerprint density at radius 3 is 2.46 bits per heavy atom. The lowest BCUT2D eigenvalue weighted by atomic mass is 10.0. The van der Waals surface area contributed by atoms with Crippen molar-refractivity contribution >= 4 is 15.9 Å². The number of pyridine rings is 1. The van der Waals surface area contributed by atoms with Crippen molar-refractivity contribution in [3.63, 3.8) is 0 Å². The number of hydrogen-bond donors (Lipinski definition) is 1. The summed E-state index contributed by atoms with van der Waals surface area (Å²) < 4.78 is 36.6. The van der Waals surface area contributed by atoms with Crippen LogP contribution in [0.25, 0.3) is 0 Å². The van der Waals surface area contributed by atoms with Gasteiger partial charge in [0.25, 0.3) is 0 Å². The highest BCUT2D eigenvalue weighted by Gasteiger charge is 2.24. The highest BCUT2D eigenvalue weighted by atomic mass is 32.2. The van der Waals surface area contributed by atoms with Gasteiger partial charge in [0.15, 0.2) is 11.5 Å². The molecule has 2 aromatic rings. The summed E-state index contributed by atoms with van der Waals surface area (Å²) in [6.45, 7) is 3.41. The van der Waals surface area contributed by atoms with E-state index in [9.17, 15) is 13.2 Å². The van der Waals surface area contributed by atoms with Gasteiger partial charge >= 0.3 is 0 Å². The number of carbonyl (C=O) groups is 1. The van der Waals surface area contributed by atoms with Crippen LogP contribution < -0.4 is 14.8 Å². The Hall–Kier alpha value is -2.65. The van der Waals surface area contributed by atoms with Gasteiger partial charge in [0.05, 0.1) is 26.8 Å². The number of methoxy groups -OCH3 is 2. The molecule has 0 bridgehead atoms. The van der Waals surface area contributed by atoms with Crippen LogP contribution in [0.3, 0.4) is 0 Å². The molecule has 0 aliphatic carbocycles. The van der Waals surface area contributed by atoms with Crippen molar-refractivity contribution in [2.24, 2.45) is 0 Å². The SMILES string of the molecule is COc1cc(C)c(C(C)NC(=O)CN(C)S(=O)(=O)c2cccnc2)cc1OC. The third-order valence-corrected chi connectivity index (χ3v) is 6.11. The average molecular weight is 407 g/mol. The van der Waals surface area contributed by atoms with E-state index in [4.69, 9.17) is 9.47 Å². The van der Waals surface area contributed by atoms with Crippen LogP contribution >= 0.6 is 0 Å². The molecule has 1 heterocycles. The summed E-state index contributed by atoms with van der Waals surface area (Å²) in [5, 5.41) is 2.82. The highest BCUT2D eigenvalue weighted by molar-refractivity contribution is 7.89. The fourth-order valence-corrected chi connectivity index (χ4v) is 3.89. The van der Waals surface area contributed by atoms with Crippen molar-refractivity contribution in [2.45, 2.75) is 24.8 Å². The highest BCUT2D eigenvalue weighted by Crippen LogP contribution is 2.32. The predicted molar refractivity (Wildman–Crippen MR) is 105 cm³/mol. The van der Waals surface area contributed by atoms with Gasteiger partial charge in [0, 0.05) is 19.4 Å². The molecule has 1 aromatic carbocycles. The smallest absolute Gasteiger partial charge is 0.244 e. The van der Waals surface area contributed by atoms with Crippen molar-refractivity contribution in [3.05, 3.63) is 47.8 Å². The first kappa shape index (κ1) is 21.6. The van der Waals surface area contributed by atoms with Gasteiger partial charge in [-0.15, -0.1) is 0 Å². The van der Waals surface area contributed by atoms with Crippen molar-refractivity contribution in [1.29, 1.82) is 0 Å². The molecule has 28 heavy (non-hydrogen) atoms. The minimum atomic E-state index is -3.79. The van der Waals surface area contributed by atoms with E-state index in [0.29, 0.717) is 11.5 Å². The predicted octanol–water partition coefficient (Wildman–Crippen LogP) is 1.91. The molecule has 1 atom stereocenters. The summed E-state index contributed by atoms with van der Waals surface area (Å²) in [5.74, 6) is 0.738. The fourth-order valence-electron chi connectivity index (χ4n) is 2.79. The van der Waals surface area contributed by atoms with E-state index in [0.717, 1.165) is 15.4 Å². The van der Waals surface area contributed by atoms with Crippen LogP contribution in [0.2, 0.25) is 0 Å². The summed E-state index contributed by atoms with van der Waals surface area (Å²) in [6.07, 6.45) is 2.73. The molecule has 152 valence electrons. The second-order valence-electron chi connectivity index (χ2n) is 6.30. The molecule has 0 fully saturated rings. The molecule has 2 rings (SSSR count). The molecule has 1 amide bonds. The van der Waals surface area contributed by atoms with Crippen LogP contribution in [0, 0.1) is 6.92 Å². The van der Waals surface area contributed by atoms with E-state index in [1.807, 2.05) is 19.9 Å². The number of hydrogen-bond acceptors (Lipinski definition) is 6. The van der Waals surface area contributed by atoms with Crippen LogP contribution in [0.4, 0.5) is 0 Å². The molecular formula is C19H25N3O5S. The molecule has 0 saturated heterocycles. The van der Waals surface area contributed by atoms with Gasteiger partial charge in [0.2, 0.25) is 15.9 Å². The Morgan fingerprint density at radius 2 is 1.89 bits per heavy atom. The van der Waals surface area contributed by atoms with Crippen molar-refractivity contribution in [2.75, 3.05) is 27.8 Å². The van der Waals surface area contributed by atoms with Gasteiger partial charge in [-0.3, -0.25) is 9.78 Å². The number of aryl methyl sites for hydroxylation is 1. The molecule has 0 radical (unpaired) electrons. The minimum Gasteiger partial charge on any atom is -0.493 e. The second kappa shape index (κ2) is 9.03.